The number of ether oxygens (including phenoxy) is 1. The fraction of sp³-hybridized carbons (Fsp3) is 0.375. The molecule has 2 amide bonds. The first-order valence-corrected chi connectivity index (χ1v) is 11.1. The van der Waals surface area contributed by atoms with Crippen molar-refractivity contribution >= 4 is 23.6 Å². The standard InChI is InChI=1S/C24H28ClN3O5/c1-24(2,3)32-23(30)27-14-8-7-13-26-20(29)15-18-21(16-9-5-4-6-10-16)22(28-33-18)17-11-12-19(25)31-17/h4-6,9-12H,7-8,13-15H2,1-3H3,(H,26,29)(H,27,30). The van der Waals surface area contributed by atoms with Crippen LogP contribution in [-0.2, 0) is 16.0 Å². The molecule has 0 unspecified atom stereocenters. The molecular formula is C24H28ClN3O5. The van der Waals surface area contributed by atoms with Gasteiger partial charge in [0.05, 0.1) is 12.0 Å². The minimum Gasteiger partial charge on any atom is -0.444 e. The van der Waals surface area contributed by atoms with Gasteiger partial charge in [0.15, 0.2) is 22.4 Å². The van der Waals surface area contributed by atoms with Gasteiger partial charge in [0.1, 0.15) is 5.60 Å². The summed E-state index contributed by atoms with van der Waals surface area (Å²) < 4.78 is 16.2. The molecule has 0 radical (unpaired) electrons. The number of hydrogen-bond acceptors (Lipinski definition) is 6. The van der Waals surface area contributed by atoms with Gasteiger partial charge in [-0.2, -0.15) is 0 Å². The highest BCUT2D eigenvalue weighted by Gasteiger charge is 2.23. The number of furan rings is 1. The number of unbranched alkanes of at least 4 members (excludes halogenated alkanes) is 1. The first-order valence-electron chi connectivity index (χ1n) is 10.8. The van der Waals surface area contributed by atoms with Crippen LogP contribution in [0.3, 0.4) is 0 Å². The first-order chi connectivity index (χ1) is 15.7. The zero-order valence-corrected chi connectivity index (χ0v) is 19.7. The minimum atomic E-state index is -0.527. The van der Waals surface area contributed by atoms with Crippen LogP contribution in [0.4, 0.5) is 4.79 Å². The summed E-state index contributed by atoms with van der Waals surface area (Å²) in [5.41, 5.74) is 1.51. The molecule has 0 spiro atoms. The van der Waals surface area contributed by atoms with Crippen molar-refractivity contribution in [3.8, 4) is 22.6 Å². The lowest BCUT2D eigenvalue weighted by molar-refractivity contribution is -0.120. The van der Waals surface area contributed by atoms with Crippen LogP contribution in [0.15, 0.2) is 51.4 Å². The SMILES string of the molecule is CC(C)(C)OC(=O)NCCCCNC(=O)Cc1onc(-c2ccc(Cl)o2)c1-c1ccccc1. The molecule has 1 aromatic carbocycles. The quantitative estimate of drug-likeness (QED) is 0.413. The molecule has 0 bridgehead atoms. The highest BCUT2D eigenvalue weighted by atomic mass is 35.5. The fourth-order valence-electron chi connectivity index (χ4n) is 3.15. The molecule has 0 atom stereocenters. The van der Waals surface area contributed by atoms with Crippen molar-refractivity contribution in [2.75, 3.05) is 13.1 Å². The molecule has 0 saturated carbocycles. The van der Waals surface area contributed by atoms with Gasteiger partial charge in [-0.1, -0.05) is 35.5 Å². The number of carbonyl (C=O) groups is 2. The molecule has 0 aliphatic rings. The molecule has 3 rings (SSSR count). The number of halogens is 1. The van der Waals surface area contributed by atoms with Gasteiger partial charge in [-0.05, 0) is 62.9 Å². The maximum absolute atomic E-state index is 12.5. The summed E-state index contributed by atoms with van der Waals surface area (Å²) >= 11 is 5.92. The van der Waals surface area contributed by atoms with Crippen LogP contribution in [0.1, 0.15) is 39.4 Å². The Kier molecular flexibility index (Phi) is 8.16. The van der Waals surface area contributed by atoms with Crippen molar-refractivity contribution in [3.63, 3.8) is 0 Å². The number of rotatable bonds is 9. The molecule has 0 aliphatic carbocycles. The van der Waals surface area contributed by atoms with Gasteiger partial charge >= 0.3 is 6.09 Å². The van der Waals surface area contributed by atoms with Gasteiger partial charge in [0.2, 0.25) is 5.91 Å². The fourth-order valence-corrected chi connectivity index (χ4v) is 3.29. The van der Waals surface area contributed by atoms with Crippen molar-refractivity contribution in [2.24, 2.45) is 0 Å². The number of hydrogen-bond donors (Lipinski definition) is 2. The molecule has 2 aromatic heterocycles. The van der Waals surface area contributed by atoms with Crippen LogP contribution >= 0.6 is 11.6 Å². The van der Waals surface area contributed by atoms with Gasteiger partial charge in [-0.3, -0.25) is 4.79 Å². The maximum atomic E-state index is 12.5. The number of nitrogens with zero attached hydrogens (tertiary/aromatic N) is 1. The van der Waals surface area contributed by atoms with Gasteiger partial charge in [0, 0.05) is 13.1 Å². The maximum Gasteiger partial charge on any atom is 0.407 e. The highest BCUT2D eigenvalue weighted by Crippen LogP contribution is 2.36. The summed E-state index contributed by atoms with van der Waals surface area (Å²) in [6.45, 7) is 6.39. The summed E-state index contributed by atoms with van der Waals surface area (Å²) in [4.78, 5) is 24.1. The molecule has 33 heavy (non-hydrogen) atoms. The molecule has 2 N–H and O–H groups in total. The molecule has 0 fully saturated rings. The van der Waals surface area contributed by atoms with Crippen molar-refractivity contribution in [1.29, 1.82) is 0 Å². The van der Waals surface area contributed by atoms with Crippen molar-refractivity contribution < 1.29 is 23.3 Å². The van der Waals surface area contributed by atoms with Crippen LogP contribution in [-0.4, -0.2) is 35.8 Å². The third-order valence-electron chi connectivity index (χ3n) is 4.55. The van der Waals surface area contributed by atoms with Gasteiger partial charge in [0.25, 0.3) is 0 Å². The Morgan fingerprint density at radius 1 is 1.03 bits per heavy atom. The topological polar surface area (TPSA) is 107 Å². The van der Waals surface area contributed by atoms with E-state index in [-0.39, 0.29) is 17.5 Å². The van der Waals surface area contributed by atoms with E-state index in [1.54, 1.807) is 12.1 Å². The number of amides is 2. The van der Waals surface area contributed by atoms with E-state index in [4.69, 9.17) is 25.3 Å². The van der Waals surface area contributed by atoms with E-state index < -0.39 is 11.7 Å². The van der Waals surface area contributed by atoms with Crippen LogP contribution in [0.2, 0.25) is 5.22 Å². The van der Waals surface area contributed by atoms with E-state index in [2.05, 4.69) is 15.8 Å². The molecule has 2 heterocycles. The molecule has 8 nitrogen and oxygen atoms in total. The lowest BCUT2D eigenvalue weighted by atomic mass is 10.0. The molecule has 0 aliphatic heterocycles. The zero-order valence-electron chi connectivity index (χ0n) is 18.9. The van der Waals surface area contributed by atoms with E-state index in [0.29, 0.717) is 48.7 Å². The second kappa shape index (κ2) is 11.0. The molecule has 3 aromatic rings. The van der Waals surface area contributed by atoms with E-state index in [0.717, 1.165) is 5.56 Å². The van der Waals surface area contributed by atoms with Crippen LogP contribution in [0.5, 0.6) is 0 Å². The number of aromatic nitrogens is 1. The van der Waals surface area contributed by atoms with Gasteiger partial charge in [-0.25, -0.2) is 4.79 Å². The third-order valence-corrected chi connectivity index (χ3v) is 4.75. The van der Waals surface area contributed by atoms with Crippen molar-refractivity contribution in [3.05, 3.63) is 53.4 Å². The first kappa shape index (κ1) is 24.4. The third kappa shape index (κ3) is 7.39. The second-order valence-corrected chi connectivity index (χ2v) is 8.83. The molecule has 176 valence electrons. The zero-order chi connectivity index (χ0) is 23.8. The average molecular weight is 474 g/mol. The van der Waals surface area contributed by atoms with E-state index >= 15 is 0 Å². The van der Waals surface area contributed by atoms with Gasteiger partial charge in [-0.15, -0.1) is 0 Å². The predicted molar refractivity (Wildman–Crippen MR) is 125 cm³/mol. The Morgan fingerprint density at radius 2 is 1.73 bits per heavy atom. The smallest absolute Gasteiger partial charge is 0.407 e. The Morgan fingerprint density at radius 3 is 2.36 bits per heavy atom. The van der Waals surface area contributed by atoms with Crippen LogP contribution in [0, 0.1) is 0 Å². The highest BCUT2D eigenvalue weighted by molar-refractivity contribution is 6.29. The van der Waals surface area contributed by atoms with E-state index in [1.807, 2.05) is 51.1 Å². The number of benzene rings is 1. The lowest BCUT2D eigenvalue weighted by Gasteiger charge is -2.19. The van der Waals surface area contributed by atoms with E-state index in [9.17, 15) is 9.59 Å². The Bertz CT molecular complexity index is 1070. The summed E-state index contributed by atoms with van der Waals surface area (Å²) in [7, 11) is 0. The Balaban J connectivity index is 1.54. The Labute approximate surface area is 197 Å². The van der Waals surface area contributed by atoms with Crippen LogP contribution < -0.4 is 10.6 Å². The van der Waals surface area contributed by atoms with E-state index in [1.165, 1.54) is 0 Å². The van der Waals surface area contributed by atoms with Crippen LogP contribution in [0.25, 0.3) is 22.6 Å². The lowest BCUT2D eigenvalue weighted by Crippen LogP contribution is -2.33. The predicted octanol–water partition coefficient (Wildman–Crippen LogP) is 5.22. The molecular weight excluding hydrogens is 446 g/mol. The Hall–Kier alpha value is -3.26. The summed E-state index contributed by atoms with van der Waals surface area (Å²) in [6.07, 6.45) is 1.00. The number of alkyl carbamates (subject to hydrolysis) is 1. The second-order valence-electron chi connectivity index (χ2n) is 8.46. The van der Waals surface area contributed by atoms with Gasteiger partial charge < -0.3 is 24.3 Å². The summed E-state index contributed by atoms with van der Waals surface area (Å²) in [5, 5.41) is 9.95. The number of nitrogens with one attached hydrogen (secondary N) is 2. The number of carbonyl (C=O) groups excluding carboxylic acids is 2. The molecule has 0 saturated heterocycles. The monoisotopic (exact) mass is 473 g/mol. The summed E-state index contributed by atoms with van der Waals surface area (Å²) in [5.74, 6) is 0.715. The average Bonchev–Trinajstić information content (AvgIpc) is 3.36. The normalized spacial score (nSPS) is 11.3. The van der Waals surface area contributed by atoms with Crippen molar-refractivity contribution in [1.82, 2.24) is 15.8 Å². The molecule has 9 heteroatoms. The minimum absolute atomic E-state index is 0.0296. The summed E-state index contributed by atoms with van der Waals surface area (Å²) in [6, 6.07) is 12.9. The van der Waals surface area contributed by atoms with Crippen molar-refractivity contribution in [2.45, 2.75) is 45.6 Å². The largest absolute Gasteiger partial charge is 0.444 e.